The molecule has 1 aliphatic rings. The Morgan fingerprint density at radius 1 is 1.04 bits per heavy atom. The van der Waals surface area contributed by atoms with E-state index >= 15 is 0 Å². The van der Waals surface area contributed by atoms with Gasteiger partial charge in [-0.15, -0.1) is 0 Å². The standard InChI is InChI=1S/C21H19ClN2OS/c22-17-7-3-2-6-16(17)20-11-12-24(13-14-26-20)21(25)19-10-9-15-5-1-4-8-18(15)23-19/h1-10,20H,11-14H2. The maximum atomic E-state index is 12.9. The molecule has 0 spiro atoms. The number of hydrogen-bond donors (Lipinski definition) is 0. The van der Waals surface area contributed by atoms with Gasteiger partial charge in [0.25, 0.3) is 5.91 Å². The van der Waals surface area contributed by atoms with Gasteiger partial charge in [-0.3, -0.25) is 4.79 Å². The van der Waals surface area contributed by atoms with Gasteiger partial charge in [-0.05, 0) is 30.2 Å². The molecular weight excluding hydrogens is 364 g/mol. The molecule has 4 rings (SSSR count). The number of amides is 1. The molecule has 1 atom stereocenters. The minimum absolute atomic E-state index is 0.0103. The van der Waals surface area contributed by atoms with Gasteiger partial charge in [-0.1, -0.05) is 54.1 Å². The predicted octanol–water partition coefficient (Wildman–Crippen LogP) is 5.21. The van der Waals surface area contributed by atoms with E-state index in [-0.39, 0.29) is 5.91 Å². The van der Waals surface area contributed by atoms with Crippen LogP contribution in [0, 0.1) is 0 Å². The van der Waals surface area contributed by atoms with Crippen molar-refractivity contribution in [2.45, 2.75) is 11.7 Å². The van der Waals surface area contributed by atoms with Crippen molar-refractivity contribution in [1.82, 2.24) is 9.88 Å². The summed E-state index contributed by atoms with van der Waals surface area (Å²) in [6.07, 6.45) is 0.897. The van der Waals surface area contributed by atoms with Gasteiger partial charge in [0.05, 0.1) is 5.52 Å². The smallest absolute Gasteiger partial charge is 0.272 e. The first kappa shape index (κ1) is 17.4. The molecule has 1 saturated heterocycles. The van der Waals surface area contributed by atoms with Crippen LogP contribution < -0.4 is 0 Å². The van der Waals surface area contributed by atoms with Gasteiger partial charge >= 0.3 is 0 Å². The topological polar surface area (TPSA) is 33.2 Å². The Morgan fingerprint density at radius 2 is 1.85 bits per heavy atom. The molecule has 0 N–H and O–H groups in total. The van der Waals surface area contributed by atoms with E-state index in [0.29, 0.717) is 10.9 Å². The molecule has 1 aliphatic heterocycles. The molecule has 0 aliphatic carbocycles. The van der Waals surface area contributed by atoms with Crippen LogP contribution in [-0.4, -0.2) is 34.6 Å². The molecule has 26 heavy (non-hydrogen) atoms. The second-order valence-electron chi connectivity index (χ2n) is 6.35. The second-order valence-corrected chi connectivity index (χ2v) is 8.07. The summed E-state index contributed by atoms with van der Waals surface area (Å²) < 4.78 is 0. The number of para-hydroxylation sites is 1. The Bertz CT molecular complexity index is 946. The van der Waals surface area contributed by atoms with Crippen molar-refractivity contribution in [3.05, 3.63) is 76.9 Å². The van der Waals surface area contributed by atoms with E-state index in [9.17, 15) is 4.79 Å². The molecule has 1 amide bonds. The summed E-state index contributed by atoms with van der Waals surface area (Å²) in [5.74, 6) is 0.908. The summed E-state index contributed by atoms with van der Waals surface area (Å²) in [4.78, 5) is 19.4. The van der Waals surface area contributed by atoms with Crippen molar-refractivity contribution < 1.29 is 4.79 Å². The van der Waals surface area contributed by atoms with Gasteiger partial charge in [0.15, 0.2) is 0 Å². The number of hydrogen-bond acceptors (Lipinski definition) is 3. The number of rotatable bonds is 2. The zero-order valence-electron chi connectivity index (χ0n) is 14.3. The second kappa shape index (κ2) is 7.68. The zero-order chi connectivity index (χ0) is 17.9. The molecule has 0 bridgehead atoms. The Hall–Kier alpha value is -2.04. The van der Waals surface area contributed by atoms with Gasteiger partial charge < -0.3 is 4.90 Å². The van der Waals surface area contributed by atoms with Crippen LogP contribution in [0.15, 0.2) is 60.7 Å². The minimum Gasteiger partial charge on any atom is -0.336 e. The third-order valence-electron chi connectivity index (χ3n) is 4.70. The largest absolute Gasteiger partial charge is 0.336 e. The van der Waals surface area contributed by atoms with Gasteiger partial charge in [-0.2, -0.15) is 11.8 Å². The third-order valence-corrected chi connectivity index (χ3v) is 6.35. The summed E-state index contributed by atoms with van der Waals surface area (Å²) in [6.45, 7) is 1.45. The number of aromatic nitrogens is 1. The van der Waals surface area contributed by atoms with Crippen LogP contribution in [0.3, 0.4) is 0 Å². The Morgan fingerprint density at radius 3 is 2.73 bits per heavy atom. The van der Waals surface area contributed by atoms with Gasteiger partial charge in [0, 0.05) is 34.5 Å². The fourth-order valence-corrected chi connectivity index (χ4v) is 4.90. The van der Waals surface area contributed by atoms with Crippen LogP contribution in [0.25, 0.3) is 10.9 Å². The van der Waals surface area contributed by atoms with Gasteiger partial charge in [0.1, 0.15) is 5.69 Å². The van der Waals surface area contributed by atoms with Crippen molar-refractivity contribution in [1.29, 1.82) is 0 Å². The number of halogens is 1. The summed E-state index contributed by atoms with van der Waals surface area (Å²) in [5.41, 5.74) is 2.54. The van der Waals surface area contributed by atoms with Crippen molar-refractivity contribution in [2.75, 3.05) is 18.8 Å². The first-order chi connectivity index (χ1) is 12.7. The highest BCUT2D eigenvalue weighted by molar-refractivity contribution is 7.99. The van der Waals surface area contributed by atoms with E-state index in [1.54, 1.807) is 0 Å². The molecular formula is C21H19ClN2OS. The van der Waals surface area contributed by atoms with Crippen LogP contribution in [-0.2, 0) is 0 Å². The highest BCUT2D eigenvalue weighted by atomic mass is 35.5. The number of thioether (sulfide) groups is 1. The lowest BCUT2D eigenvalue weighted by Gasteiger charge is -2.20. The number of pyridine rings is 1. The lowest BCUT2D eigenvalue weighted by atomic mass is 10.1. The van der Waals surface area contributed by atoms with Gasteiger partial charge in [0.2, 0.25) is 0 Å². The van der Waals surface area contributed by atoms with Crippen molar-refractivity contribution in [2.24, 2.45) is 0 Å². The molecule has 0 saturated carbocycles. The van der Waals surface area contributed by atoms with Crippen LogP contribution in [0.2, 0.25) is 5.02 Å². The van der Waals surface area contributed by atoms with Crippen LogP contribution in [0.4, 0.5) is 0 Å². The monoisotopic (exact) mass is 382 g/mol. The lowest BCUT2D eigenvalue weighted by Crippen LogP contribution is -2.33. The van der Waals surface area contributed by atoms with E-state index < -0.39 is 0 Å². The molecule has 3 nitrogen and oxygen atoms in total. The quantitative estimate of drug-likeness (QED) is 0.610. The molecule has 3 aromatic rings. The number of carbonyl (C=O) groups excluding carboxylic acids is 1. The molecule has 132 valence electrons. The Labute approximate surface area is 162 Å². The van der Waals surface area contributed by atoms with Crippen LogP contribution in [0.5, 0.6) is 0 Å². The number of nitrogens with zero attached hydrogens (tertiary/aromatic N) is 2. The molecule has 2 heterocycles. The highest BCUT2D eigenvalue weighted by Gasteiger charge is 2.24. The minimum atomic E-state index is 0.0103. The molecule has 1 unspecified atom stereocenters. The first-order valence-electron chi connectivity index (χ1n) is 8.73. The molecule has 1 fully saturated rings. The molecule has 2 aromatic carbocycles. The van der Waals surface area contributed by atoms with E-state index in [1.165, 1.54) is 0 Å². The number of carbonyl (C=O) groups is 1. The van der Waals surface area contributed by atoms with E-state index in [1.807, 2.05) is 71.3 Å². The summed E-state index contributed by atoms with van der Waals surface area (Å²) in [7, 11) is 0. The average molecular weight is 383 g/mol. The van der Waals surface area contributed by atoms with Crippen LogP contribution >= 0.6 is 23.4 Å². The summed E-state index contributed by atoms with van der Waals surface area (Å²) in [6, 6.07) is 19.7. The summed E-state index contributed by atoms with van der Waals surface area (Å²) in [5, 5.41) is 2.18. The summed E-state index contributed by atoms with van der Waals surface area (Å²) >= 11 is 8.23. The predicted molar refractivity (Wildman–Crippen MR) is 109 cm³/mol. The average Bonchev–Trinajstić information content (AvgIpc) is 2.93. The van der Waals surface area contributed by atoms with Crippen molar-refractivity contribution >= 4 is 40.2 Å². The van der Waals surface area contributed by atoms with Gasteiger partial charge in [-0.25, -0.2) is 4.98 Å². The van der Waals surface area contributed by atoms with E-state index in [0.717, 1.165) is 46.8 Å². The van der Waals surface area contributed by atoms with Crippen molar-refractivity contribution in [3.63, 3.8) is 0 Å². The molecule has 5 heteroatoms. The maximum absolute atomic E-state index is 12.9. The number of fused-ring (bicyclic) bond motifs is 1. The number of benzene rings is 2. The third kappa shape index (κ3) is 3.57. The Balaban J connectivity index is 1.51. The highest BCUT2D eigenvalue weighted by Crippen LogP contribution is 2.37. The zero-order valence-corrected chi connectivity index (χ0v) is 15.8. The molecule has 0 radical (unpaired) electrons. The van der Waals surface area contributed by atoms with Crippen molar-refractivity contribution in [3.8, 4) is 0 Å². The fourth-order valence-electron chi connectivity index (χ4n) is 3.31. The first-order valence-corrected chi connectivity index (χ1v) is 10.2. The SMILES string of the molecule is O=C(c1ccc2ccccc2n1)N1CCSC(c2ccccc2Cl)CC1. The maximum Gasteiger partial charge on any atom is 0.272 e. The van der Waals surface area contributed by atoms with E-state index in [2.05, 4.69) is 11.1 Å². The van der Waals surface area contributed by atoms with Crippen LogP contribution in [0.1, 0.15) is 27.7 Å². The normalized spacial score (nSPS) is 17.9. The molecule has 1 aromatic heterocycles. The lowest BCUT2D eigenvalue weighted by molar-refractivity contribution is 0.0761. The fraction of sp³-hybridized carbons (Fsp3) is 0.238. The van der Waals surface area contributed by atoms with E-state index in [4.69, 9.17) is 11.6 Å². The Kier molecular flexibility index (Phi) is 5.14.